The first kappa shape index (κ1) is 21.8. The van der Waals surface area contributed by atoms with E-state index in [1.54, 1.807) is 30.3 Å². The van der Waals surface area contributed by atoms with Crippen molar-refractivity contribution in [1.29, 1.82) is 0 Å². The third kappa shape index (κ3) is 6.55. The van der Waals surface area contributed by atoms with E-state index in [0.29, 0.717) is 5.56 Å². The van der Waals surface area contributed by atoms with Crippen LogP contribution in [0.15, 0.2) is 34.7 Å². The summed E-state index contributed by atoms with van der Waals surface area (Å²) in [4.78, 5) is 35.1. The van der Waals surface area contributed by atoms with E-state index in [-0.39, 0.29) is 24.6 Å². The first-order valence-corrected chi connectivity index (χ1v) is 8.62. The minimum Gasteiger partial charge on any atom is -0.480 e. The number of urea groups is 1. The number of carboxylic acid groups (broad SMARTS) is 1. The molecule has 0 aliphatic rings. The molecular formula is C17H22N6O6. The van der Waals surface area contributed by atoms with Crippen LogP contribution < -0.4 is 22.1 Å². The average Bonchev–Trinajstić information content (AvgIpc) is 3.17. The van der Waals surface area contributed by atoms with E-state index in [1.807, 2.05) is 0 Å². The summed E-state index contributed by atoms with van der Waals surface area (Å²) in [5, 5.41) is 30.5. The molecule has 1 heterocycles. The van der Waals surface area contributed by atoms with Crippen LogP contribution >= 0.6 is 0 Å². The van der Waals surface area contributed by atoms with Gasteiger partial charge in [0.05, 0.1) is 13.0 Å². The second-order valence-corrected chi connectivity index (χ2v) is 6.19. The standard InChI is InChI=1S/C17H22N6O6/c18-10(8-24)14-22-23-15(29-14)11(7-13(19)25)20-17(28)21-12(16(26)27)6-9-4-2-1-3-5-9/h1-5,10-12,24H,6-8,18H2,(H2,19,25)(H,26,27)(H2,20,21,28)/t10-,11-,12-/m0/s1. The lowest BCUT2D eigenvalue weighted by Gasteiger charge is -2.18. The van der Waals surface area contributed by atoms with Crippen LogP contribution in [0.3, 0.4) is 0 Å². The van der Waals surface area contributed by atoms with Gasteiger partial charge < -0.3 is 36.7 Å². The number of nitrogens with two attached hydrogens (primary N) is 2. The van der Waals surface area contributed by atoms with Crippen LogP contribution in [0.2, 0.25) is 0 Å². The third-order valence-electron chi connectivity index (χ3n) is 3.86. The summed E-state index contributed by atoms with van der Waals surface area (Å²) in [5.41, 5.74) is 11.5. The summed E-state index contributed by atoms with van der Waals surface area (Å²) in [6.07, 6.45) is -0.319. The highest BCUT2D eigenvalue weighted by Crippen LogP contribution is 2.18. The number of nitrogens with zero attached hydrogens (tertiary/aromatic N) is 2. The molecule has 1 aromatic heterocycles. The zero-order valence-electron chi connectivity index (χ0n) is 15.3. The predicted octanol–water partition coefficient (Wildman–Crippen LogP) is -1.03. The van der Waals surface area contributed by atoms with Gasteiger partial charge in [-0.1, -0.05) is 30.3 Å². The lowest BCUT2D eigenvalue weighted by Crippen LogP contribution is -2.48. The molecule has 0 saturated carbocycles. The number of carboxylic acids is 1. The van der Waals surface area contributed by atoms with E-state index in [4.69, 9.17) is 21.0 Å². The number of aromatic nitrogens is 2. The fraction of sp³-hybridized carbons (Fsp3) is 0.353. The Morgan fingerprint density at radius 3 is 2.34 bits per heavy atom. The summed E-state index contributed by atoms with van der Waals surface area (Å²) in [5.74, 6) is -2.25. The van der Waals surface area contributed by atoms with Crippen LogP contribution in [-0.2, 0) is 16.0 Å². The van der Waals surface area contributed by atoms with Crippen molar-refractivity contribution in [2.24, 2.45) is 11.5 Å². The van der Waals surface area contributed by atoms with E-state index in [2.05, 4.69) is 20.8 Å². The van der Waals surface area contributed by atoms with E-state index in [9.17, 15) is 19.5 Å². The third-order valence-corrected chi connectivity index (χ3v) is 3.86. The minimum atomic E-state index is -1.23. The van der Waals surface area contributed by atoms with Gasteiger partial charge in [0.2, 0.25) is 17.7 Å². The summed E-state index contributed by atoms with van der Waals surface area (Å²) in [7, 11) is 0. The molecule has 156 valence electrons. The van der Waals surface area contributed by atoms with Gasteiger partial charge in [-0.2, -0.15) is 0 Å². The van der Waals surface area contributed by atoms with Crippen molar-refractivity contribution in [3.63, 3.8) is 0 Å². The molecule has 0 radical (unpaired) electrons. The number of hydrogen-bond donors (Lipinski definition) is 6. The van der Waals surface area contributed by atoms with Gasteiger partial charge in [-0.15, -0.1) is 10.2 Å². The van der Waals surface area contributed by atoms with Gasteiger partial charge in [0.25, 0.3) is 0 Å². The van der Waals surface area contributed by atoms with Crippen LogP contribution in [0.1, 0.15) is 35.8 Å². The fourth-order valence-corrected chi connectivity index (χ4v) is 2.42. The van der Waals surface area contributed by atoms with Crippen LogP contribution in [0.4, 0.5) is 4.79 Å². The van der Waals surface area contributed by atoms with Crippen molar-refractivity contribution < 1.29 is 29.0 Å². The van der Waals surface area contributed by atoms with Crippen molar-refractivity contribution in [3.05, 3.63) is 47.7 Å². The molecule has 2 aromatic rings. The largest absolute Gasteiger partial charge is 0.480 e. The highest BCUT2D eigenvalue weighted by atomic mass is 16.4. The fourth-order valence-electron chi connectivity index (χ4n) is 2.42. The second-order valence-electron chi connectivity index (χ2n) is 6.19. The molecule has 0 aliphatic carbocycles. The van der Waals surface area contributed by atoms with E-state index < -0.39 is 42.6 Å². The van der Waals surface area contributed by atoms with Gasteiger partial charge in [0.15, 0.2) is 0 Å². The number of carbonyl (C=O) groups is 3. The van der Waals surface area contributed by atoms with Crippen molar-refractivity contribution in [3.8, 4) is 0 Å². The summed E-state index contributed by atoms with van der Waals surface area (Å²) in [6, 6.07) is 4.63. The highest BCUT2D eigenvalue weighted by molar-refractivity contribution is 5.83. The number of nitrogens with one attached hydrogen (secondary N) is 2. The molecule has 12 nitrogen and oxygen atoms in total. The van der Waals surface area contributed by atoms with Gasteiger partial charge in [-0.05, 0) is 5.56 Å². The molecule has 0 bridgehead atoms. The smallest absolute Gasteiger partial charge is 0.326 e. The maximum absolute atomic E-state index is 12.3. The Balaban J connectivity index is 2.08. The molecule has 1 aromatic carbocycles. The Kier molecular flexibility index (Phi) is 7.62. The predicted molar refractivity (Wildman–Crippen MR) is 98.1 cm³/mol. The quantitative estimate of drug-likeness (QED) is 0.285. The van der Waals surface area contributed by atoms with Crippen molar-refractivity contribution in [2.75, 3.05) is 6.61 Å². The average molecular weight is 406 g/mol. The number of primary amides is 1. The van der Waals surface area contributed by atoms with Crippen LogP contribution in [-0.4, -0.2) is 51.0 Å². The Morgan fingerprint density at radius 1 is 1.10 bits per heavy atom. The molecule has 3 atom stereocenters. The van der Waals surface area contributed by atoms with Crippen molar-refractivity contribution >= 4 is 17.9 Å². The summed E-state index contributed by atoms with van der Waals surface area (Å²) < 4.78 is 5.27. The molecule has 0 saturated heterocycles. The minimum absolute atomic E-state index is 0.0557. The Hall–Kier alpha value is -3.51. The molecule has 0 unspecified atom stereocenters. The number of carbonyl (C=O) groups excluding carboxylic acids is 2. The van der Waals surface area contributed by atoms with Crippen molar-refractivity contribution in [1.82, 2.24) is 20.8 Å². The monoisotopic (exact) mass is 406 g/mol. The number of aliphatic hydroxyl groups excluding tert-OH is 1. The maximum Gasteiger partial charge on any atom is 0.326 e. The molecule has 0 aliphatic heterocycles. The van der Waals surface area contributed by atoms with Gasteiger partial charge in [0, 0.05) is 6.42 Å². The Bertz CT molecular complexity index is 842. The zero-order chi connectivity index (χ0) is 21.4. The first-order valence-electron chi connectivity index (χ1n) is 8.62. The molecular weight excluding hydrogens is 384 g/mol. The zero-order valence-corrected chi connectivity index (χ0v) is 15.3. The van der Waals surface area contributed by atoms with E-state index >= 15 is 0 Å². The van der Waals surface area contributed by atoms with Gasteiger partial charge >= 0.3 is 12.0 Å². The number of rotatable bonds is 10. The molecule has 0 fully saturated rings. The van der Waals surface area contributed by atoms with Gasteiger partial charge in [-0.25, -0.2) is 9.59 Å². The van der Waals surface area contributed by atoms with Crippen LogP contribution in [0.5, 0.6) is 0 Å². The van der Waals surface area contributed by atoms with E-state index in [0.717, 1.165) is 0 Å². The molecule has 8 N–H and O–H groups in total. The number of benzene rings is 1. The van der Waals surface area contributed by atoms with Crippen LogP contribution in [0, 0.1) is 0 Å². The SMILES string of the molecule is NC(=O)C[C@H](NC(=O)N[C@@H](Cc1ccccc1)C(=O)O)c1nnc([C@@H](N)CO)o1. The molecule has 0 spiro atoms. The first-order chi connectivity index (χ1) is 13.8. The number of aliphatic hydroxyl groups is 1. The Labute approximate surface area is 165 Å². The lowest BCUT2D eigenvalue weighted by atomic mass is 10.1. The number of hydrogen-bond acceptors (Lipinski definition) is 8. The van der Waals surface area contributed by atoms with Gasteiger partial charge in [-0.3, -0.25) is 4.79 Å². The van der Waals surface area contributed by atoms with Gasteiger partial charge in [0.1, 0.15) is 18.1 Å². The second kappa shape index (κ2) is 10.1. The maximum atomic E-state index is 12.3. The Morgan fingerprint density at radius 2 is 1.76 bits per heavy atom. The van der Waals surface area contributed by atoms with Crippen LogP contribution in [0.25, 0.3) is 0 Å². The number of aliphatic carboxylic acids is 1. The molecule has 2 rings (SSSR count). The normalized spacial score (nSPS) is 13.9. The molecule has 29 heavy (non-hydrogen) atoms. The topological polar surface area (TPSA) is 207 Å². The molecule has 3 amide bonds. The van der Waals surface area contributed by atoms with Crippen molar-refractivity contribution in [2.45, 2.75) is 31.0 Å². The lowest BCUT2D eigenvalue weighted by molar-refractivity contribution is -0.139. The van der Waals surface area contributed by atoms with E-state index in [1.165, 1.54) is 0 Å². The molecule has 12 heteroatoms. The highest BCUT2D eigenvalue weighted by Gasteiger charge is 2.27. The summed E-state index contributed by atoms with van der Waals surface area (Å²) >= 11 is 0. The summed E-state index contributed by atoms with van der Waals surface area (Å²) in [6.45, 7) is -0.449. The number of amides is 3.